The van der Waals surface area contributed by atoms with Crippen molar-refractivity contribution in [3.63, 3.8) is 0 Å². The van der Waals surface area contributed by atoms with Crippen LogP contribution in [0.4, 0.5) is 0 Å². The van der Waals surface area contributed by atoms with Crippen LogP contribution in [0.25, 0.3) is 0 Å². The lowest BCUT2D eigenvalue weighted by molar-refractivity contribution is 0.183. The molecule has 0 aliphatic heterocycles. The molecule has 0 aliphatic carbocycles. The SMILES string of the molecule is O=S(=O)(CC(O)CCCc1c[nH]cn1)NCc1ccc(Cl)cc1. The maximum atomic E-state index is 12.0. The van der Waals surface area contributed by atoms with Gasteiger partial charge in [0.2, 0.25) is 10.0 Å². The normalized spacial score (nSPS) is 13.1. The van der Waals surface area contributed by atoms with Crippen LogP contribution in [0.15, 0.2) is 36.8 Å². The first-order valence-corrected chi connectivity index (χ1v) is 9.35. The minimum Gasteiger partial charge on any atom is -0.392 e. The molecule has 0 saturated carbocycles. The van der Waals surface area contributed by atoms with Crippen molar-refractivity contribution in [3.05, 3.63) is 53.1 Å². The molecule has 0 amide bonds. The number of rotatable bonds is 9. The lowest BCUT2D eigenvalue weighted by atomic mass is 10.1. The van der Waals surface area contributed by atoms with Gasteiger partial charge in [-0.3, -0.25) is 0 Å². The van der Waals surface area contributed by atoms with Crippen molar-refractivity contribution >= 4 is 21.6 Å². The molecule has 2 rings (SSSR count). The van der Waals surface area contributed by atoms with E-state index in [-0.39, 0.29) is 12.3 Å². The summed E-state index contributed by atoms with van der Waals surface area (Å²) in [4.78, 5) is 6.93. The Bertz CT molecular complexity index is 687. The Labute approximate surface area is 141 Å². The minimum atomic E-state index is -3.53. The Morgan fingerprint density at radius 1 is 1.30 bits per heavy atom. The second kappa shape index (κ2) is 8.44. The fraction of sp³-hybridized carbons (Fsp3) is 0.400. The van der Waals surface area contributed by atoms with Crippen molar-refractivity contribution < 1.29 is 13.5 Å². The standard InChI is InChI=1S/C15H20ClN3O3S/c16-13-6-4-12(5-7-13)8-19-23(21,22)10-15(20)3-1-2-14-9-17-11-18-14/h4-7,9,11,15,19-20H,1-3,8,10H2,(H,17,18). The van der Waals surface area contributed by atoms with Gasteiger partial charge >= 0.3 is 0 Å². The van der Waals surface area contributed by atoms with E-state index in [4.69, 9.17) is 11.6 Å². The van der Waals surface area contributed by atoms with Crippen molar-refractivity contribution in [3.8, 4) is 0 Å². The van der Waals surface area contributed by atoms with Crippen molar-refractivity contribution in [2.24, 2.45) is 0 Å². The number of aliphatic hydroxyl groups is 1. The third-order valence-electron chi connectivity index (χ3n) is 3.35. The zero-order valence-electron chi connectivity index (χ0n) is 12.6. The van der Waals surface area contributed by atoms with Crippen molar-refractivity contribution in [2.45, 2.75) is 31.9 Å². The Morgan fingerprint density at radius 3 is 2.70 bits per heavy atom. The summed E-state index contributed by atoms with van der Waals surface area (Å²) < 4.78 is 26.4. The predicted molar refractivity (Wildman–Crippen MR) is 89.6 cm³/mol. The van der Waals surface area contributed by atoms with Crippen LogP contribution in [-0.2, 0) is 23.0 Å². The Balaban J connectivity index is 1.72. The smallest absolute Gasteiger partial charge is 0.214 e. The third-order valence-corrected chi connectivity index (χ3v) is 5.01. The van der Waals surface area contributed by atoms with Gasteiger partial charge in [0.15, 0.2) is 0 Å². The fourth-order valence-electron chi connectivity index (χ4n) is 2.14. The monoisotopic (exact) mass is 357 g/mol. The number of halogens is 1. The molecule has 1 aromatic carbocycles. The van der Waals surface area contributed by atoms with E-state index in [1.54, 1.807) is 36.8 Å². The van der Waals surface area contributed by atoms with Crippen LogP contribution >= 0.6 is 11.6 Å². The van der Waals surface area contributed by atoms with E-state index in [0.717, 1.165) is 11.3 Å². The van der Waals surface area contributed by atoms with E-state index in [9.17, 15) is 13.5 Å². The number of aliphatic hydroxyl groups excluding tert-OH is 1. The van der Waals surface area contributed by atoms with Crippen LogP contribution in [0.1, 0.15) is 24.1 Å². The Kier molecular flexibility index (Phi) is 6.59. The molecule has 0 saturated heterocycles. The van der Waals surface area contributed by atoms with Crippen molar-refractivity contribution in [1.29, 1.82) is 0 Å². The molecule has 1 aromatic heterocycles. The second-order valence-electron chi connectivity index (χ2n) is 5.34. The maximum Gasteiger partial charge on any atom is 0.214 e. The number of imidazole rings is 1. The van der Waals surface area contributed by atoms with E-state index in [1.807, 2.05) is 0 Å². The molecule has 1 heterocycles. The van der Waals surface area contributed by atoms with E-state index in [2.05, 4.69) is 14.7 Å². The van der Waals surface area contributed by atoms with Gasteiger partial charge in [-0.25, -0.2) is 18.1 Å². The molecular weight excluding hydrogens is 338 g/mol. The van der Waals surface area contributed by atoms with Crippen molar-refractivity contribution in [1.82, 2.24) is 14.7 Å². The number of aromatic nitrogens is 2. The molecule has 1 unspecified atom stereocenters. The molecule has 0 fully saturated rings. The number of nitrogens with zero attached hydrogens (tertiary/aromatic N) is 1. The summed E-state index contributed by atoms with van der Waals surface area (Å²) in [5.41, 5.74) is 1.71. The fourth-order valence-corrected chi connectivity index (χ4v) is 3.44. The van der Waals surface area contributed by atoms with Crippen molar-refractivity contribution in [2.75, 3.05) is 5.75 Å². The van der Waals surface area contributed by atoms with Crippen LogP contribution in [0.3, 0.4) is 0 Å². The predicted octanol–water partition coefficient (Wildman–Crippen LogP) is 1.87. The van der Waals surface area contributed by atoms with Gasteiger partial charge in [0, 0.05) is 17.8 Å². The first-order chi connectivity index (χ1) is 10.9. The molecular formula is C15H20ClN3O3S. The van der Waals surface area contributed by atoms with Gasteiger partial charge in [0.25, 0.3) is 0 Å². The molecule has 3 N–H and O–H groups in total. The summed E-state index contributed by atoms with van der Waals surface area (Å²) in [7, 11) is -3.53. The van der Waals surface area contributed by atoms with E-state index in [0.29, 0.717) is 24.3 Å². The molecule has 2 aromatic rings. The second-order valence-corrected chi connectivity index (χ2v) is 7.62. The highest BCUT2D eigenvalue weighted by atomic mass is 35.5. The maximum absolute atomic E-state index is 12.0. The lowest BCUT2D eigenvalue weighted by Crippen LogP contribution is -2.31. The van der Waals surface area contributed by atoms with Gasteiger partial charge in [0.1, 0.15) is 0 Å². The molecule has 23 heavy (non-hydrogen) atoms. The highest BCUT2D eigenvalue weighted by Crippen LogP contribution is 2.10. The van der Waals surface area contributed by atoms with Gasteiger partial charge in [-0.05, 0) is 37.0 Å². The number of nitrogens with one attached hydrogen (secondary N) is 2. The third kappa shape index (κ3) is 6.70. The Hall–Kier alpha value is -1.41. The zero-order valence-corrected chi connectivity index (χ0v) is 14.1. The summed E-state index contributed by atoms with van der Waals surface area (Å²) in [5.74, 6) is -0.304. The minimum absolute atomic E-state index is 0.180. The van der Waals surface area contributed by atoms with Crippen LogP contribution in [-0.4, -0.2) is 35.3 Å². The van der Waals surface area contributed by atoms with Crippen LogP contribution < -0.4 is 4.72 Å². The highest BCUT2D eigenvalue weighted by molar-refractivity contribution is 7.89. The molecule has 0 bridgehead atoms. The number of hydrogen-bond donors (Lipinski definition) is 3. The molecule has 0 aliphatic rings. The number of H-pyrrole nitrogens is 1. The van der Waals surface area contributed by atoms with Gasteiger partial charge in [-0.15, -0.1) is 0 Å². The number of sulfonamides is 1. The Morgan fingerprint density at radius 2 is 2.04 bits per heavy atom. The molecule has 1 atom stereocenters. The topological polar surface area (TPSA) is 95.1 Å². The average Bonchev–Trinajstić information content (AvgIpc) is 2.99. The van der Waals surface area contributed by atoms with E-state index >= 15 is 0 Å². The van der Waals surface area contributed by atoms with Crippen LogP contribution in [0, 0.1) is 0 Å². The molecule has 126 valence electrons. The van der Waals surface area contributed by atoms with E-state index < -0.39 is 16.1 Å². The largest absolute Gasteiger partial charge is 0.392 e. The summed E-state index contributed by atoms with van der Waals surface area (Å²) in [6.45, 7) is 0.180. The number of aromatic amines is 1. The first kappa shape index (κ1) is 17.9. The lowest BCUT2D eigenvalue weighted by Gasteiger charge is -2.12. The van der Waals surface area contributed by atoms with Gasteiger partial charge in [-0.1, -0.05) is 23.7 Å². The van der Waals surface area contributed by atoms with Gasteiger partial charge in [-0.2, -0.15) is 0 Å². The molecule has 0 radical (unpaired) electrons. The summed E-state index contributed by atoms with van der Waals surface area (Å²) in [6, 6.07) is 6.92. The number of benzene rings is 1. The summed E-state index contributed by atoms with van der Waals surface area (Å²) in [6.07, 6.45) is 4.29. The number of hydrogen-bond acceptors (Lipinski definition) is 4. The molecule has 8 heteroatoms. The molecule has 0 spiro atoms. The van der Waals surface area contributed by atoms with E-state index in [1.165, 1.54) is 0 Å². The average molecular weight is 358 g/mol. The zero-order chi connectivity index (χ0) is 16.7. The highest BCUT2D eigenvalue weighted by Gasteiger charge is 2.16. The first-order valence-electron chi connectivity index (χ1n) is 7.32. The summed E-state index contributed by atoms with van der Waals surface area (Å²) >= 11 is 5.78. The number of aryl methyl sites for hydroxylation is 1. The van der Waals surface area contributed by atoms with Gasteiger partial charge < -0.3 is 10.1 Å². The van der Waals surface area contributed by atoms with Crippen LogP contribution in [0.5, 0.6) is 0 Å². The van der Waals surface area contributed by atoms with Crippen LogP contribution in [0.2, 0.25) is 5.02 Å². The summed E-state index contributed by atoms with van der Waals surface area (Å²) in [5, 5.41) is 10.5. The quantitative estimate of drug-likeness (QED) is 0.638. The van der Waals surface area contributed by atoms with Gasteiger partial charge in [0.05, 0.1) is 23.9 Å². The molecule has 6 nitrogen and oxygen atoms in total.